The lowest BCUT2D eigenvalue weighted by atomic mass is 10.0. The Bertz CT molecular complexity index is 1840. The number of carbonyl (C=O) groups is 2. The van der Waals surface area contributed by atoms with Crippen LogP contribution in [0, 0.1) is 0 Å². The van der Waals surface area contributed by atoms with Gasteiger partial charge in [0.25, 0.3) is 11.8 Å². The molecule has 1 unspecified atom stereocenters. The number of aryl methyl sites for hydroxylation is 1. The molecule has 10 nitrogen and oxygen atoms in total. The SMILES string of the molecule is CCCc1cc(C(=O)NOCc2ccccc2)ccc1OC(C(=O)NS(C)(=O)(O)/C=C/c1ccc(Cl)cc1)c1ccc2c(c1)OCO2. The van der Waals surface area contributed by atoms with Crippen LogP contribution in [0.25, 0.3) is 6.08 Å². The molecule has 1 atom stereocenters. The molecule has 1 heterocycles. The maximum Gasteiger partial charge on any atom is 0.283 e. The third-order valence-electron chi connectivity index (χ3n) is 7.07. The van der Waals surface area contributed by atoms with Gasteiger partial charge in [0, 0.05) is 27.8 Å². The van der Waals surface area contributed by atoms with Crippen molar-refractivity contribution in [2.24, 2.45) is 0 Å². The van der Waals surface area contributed by atoms with Crippen LogP contribution >= 0.6 is 11.6 Å². The van der Waals surface area contributed by atoms with E-state index in [1.165, 1.54) is 6.08 Å². The van der Waals surface area contributed by atoms with E-state index in [-0.39, 0.29) is 13.4 Å². The summed E-state index contributed by atoms with van der Waals surface area (Å²) in [5.41, 5.74) is 5.32. The van der Waals surface area contributed by atoms with Gasteiger partial charge in [0.1, 0.15) is 5.75 Å². The molecule has 246 valence electrons. The second kappa shape index (κ2) is 14.4. The molecule has 1 aliphatic rings. The first-order valence-electron chi connectivity index (χ1n) is 14.8. The average molecular weight is 679 g/mol. The van der Waals surface area contributed by atoms with Crippen LogP contribution in [0.1, 0.15) is 52.1 Å². The first-order valence-corrected chi connectivity index (χ1v) is 17.6. The van der Waals surface area contributed by atoms with Crippen molar-refractivity contribution in [2.75, 3.05) is 13.0 Å². The number of carbonyl (C=O) groups excluding carboxylic acids is 2. The number of fused-ring (bicyclic) bond motifs is 1. The van der Waals surface area contributed by atoms with Crippen LogP contribution in [0.5, 0.6) is 17.2 Å². The van der Waals surface area contributed by atoms with Crippen LogP contribution in [-0.2, 0) is 32.2 Å². The van der Waals surface area contributed by atoms with Gasteiger partial charge in [0.05, 0.1) is 6.61 Å². The largest absolute Gasteiger partial charge is 0.475 e. The summed E-state index contributed by atoms with van der Waals surface area (Å²) < 4.78 is 44.3. The van der Waals surface area contributed by atoms with E-state index < -0.39 is 27.5 Å². The Hall–Kier alpha value is -4.68. The minimum atomic E-state index is -4.85. The van der Waals surface area contributed by atoms with Crippen molar-refractivity contribution in [1.29, 1.82) is 0 Å². The molecular formula is C35H35ClN2O8S. The molecule has 0 bridgehead atoms. The quantitative estimate of drug-likeness (QED) is 0.134. The lowest BCUT2D eigenvalue weighted by Gasteiger charge is -2.37. The molecule has 3 N–H and O–H groups in total. The second-order valence-corrected chi connectivity index (χ2v) is 14.7. The normalized spacial score (nSPS) is 13.8. The molecule has 0 spiro atoms. The zero-order chi connectivity index (χ0) is 33.5. The smallest absolute Gasteiger partial charge is 0.283 e. The van der Waals surface area contributed by atoms with E-state index in [4.69, 9.17) is 30.6 Å². The van der Waals surface area contributed by atoms with Gasteiger partial charge in [0.2, 0.25) is 12.9 Å². The van der Waals surface area contributed by atoms with Gasteiger partial charge in [0.15, 0.2) is 11.5 Å². The summed E-state index contributed by atoms with van der Waals surface area (Å²) in [7, 11) is -4.85. The highest BCUT2D eigenvalue weighted by Crippen LogP contribution is 2.37. The zero-order valence-electron chi connectivity index (χ0n) is 25.8. The molecule has 12 heteroatoms. The van der Waals surface area contributed by atoms with E-state index in [9.17, 15) is 18.4 Å². The molecule has 5 rings (SSSR count). The summed E-state index contributed by atoms with van der Waals surface area (Å²) in [5, 5.41) is 1.56. The molecular weight excluding hydrogens is 644 g/mol. The molecule has 1 aliphatic heterocycles. The van der Waals surface area contributed by atoms with Crippen LogP contribution < -0.4 is 24.4 Å². The predicted molar refractivity (Wildman–Crippen MR) is 180 cm³/mol. The first kappa shape index (κ1) is 33.7. The zero-order valence-corrected chi connectivity index (χ0v) is 27.4. The maximum atomic E-state index is 13.8. The number of hydrogen-bond acceptors (Lipinski definition) is 7. The predicted octanol–water partition coefficient (Wildman–Crippen LogP) is 6.63. The number of rotatable bonds is 13. The van der Waals surface area contributed by atoms with Gasteiger partial charge >= 0.3 is 0 Å². The topological polar surface area (TPSA) is 132 Å². The monoisotopic (exact) mass is 678 g/mol. The van der Waals surface area contributed by atoms with Crippen LogP contribution in [-0.4, -0.2) is 33.6 Å². The average Bonchev–Trinajstić information content (AvgIpc) is 3.52. The third kappa shape index (κ3) is 9.20. The molecule has 4 aromatic carbocycles. The van der Waals surface area contributed by atoms with Crippen molar-refractivity contribution < 1.29 is 37.4 Å². The van der Waals surface area contributed by atoms with Gasteiger partial charge in [-0.15, -0.1) is 9.53 Å². The highest BCUT2D eigenvalue weighted by molar-refractivity contribution is 8.15. The van der Waals surface area contributed by atoms with Gasteiger partial charge in [-0.3, -0.25) is 23.7 Å². The van der Waals surface area contributed by atoms with Gasteiger partial charge < -0.3 is 14.2 Å². The van der Waals surface area contributed by atoms with Gasteiger partial charge in [-0.2, -0.15) is 4.21 Å². The van der Waals surface area contributed by atoms with Crippen molar-refractivity contribution in [3.63, 3.8) is 0 Å². The molecule has 0 aromatic heterocycles. The van der Waals surface area contributed by atoms with Gasteiger partial charge in [-0.25, -0.2) is 5.48 Å². The summed E-state index contributed by atoms with van der Waals surface area (Å²) in [4.78, 5) is 32.1. The number of hydroxylamine groups is 1. The fourth-order valence-electron chi connectivity index (χ4n) is 4.74. The Kier molecular flexibility index (Phi) is 10.3. The Morgan fingerprint density at radius 1 is 1.00 bits per heavy atom. The lowest BCUT2D eigenvalue weighted by Crippen LogP contribution is -2.49. The summed E-state index contributed by atoms with van der Waals surface area (Å²) in [6.45, 7) is 2.19. The van der Waals surface area contributed by atoms with Crippen molar-refractivity contribution in [1.82, 2.24) is 10.2 Å². The molecule has 0 saturated carbocycles. The Balaban J connectivity index is 1.39. The van der Waals surface area contributed by atoms with Crippen molar-refractivity contribution >= 4 is 39.0 Å². The number of ether oxygens (including phenoxy) is 3. The summed E-state index contributed by atoms with van der Waals surface area (Å²) in [6.07, 6.45) is 2.31. The number of hydrogen-bond donors (Lipinski definition) is 3. The number of nitrogens with one attached hydrogen (secondary N) is 2. The van der Waals surface area contributed by atoms with Crippen LogP contribution in [0.4, 0.5) is 0 Å². The Morgan fingerprint density at radius 2 is 1.74 bits per heavy atom. The van der Waals surface area contributed by atoms with E-state index in [1.807, 2.05) is 37.3 Å². The summed E-state index contributed by atoms with van der Waals surface area (Å²) in [6, 6.07) is 25.7. The third-order valence-corrected chi connectivity index (χ3v) is 8.80. The summed E-state index contributed by atoms with van der Waals surface area (Å²) >= 11 is 5.95. The van der Waals surface area contributed by atoms with Gasteiger partial charge in [-0.05, 0) is 71.7 Å². The molecule has 0 aliphatic carbocycles. The standard InChI is InChI=1S/C35H35ClN2O8S/c1-3-7-26-20-28(34(39)37-45-22-25-8-5-4-6-9-25)13-16-30(26)46-33(27-12-17-31-32(21-27)44-23-43-31)35(40)38-47(2,41,42)19-18-24-10-14-29(36)15-11-24/h4-6,8-21,33H,3,7,22-23H2,1-2H3,(H,37,39)(H2,38,40,41,42)/b19-18+. The minimum Gasteiger partial charge on any atom is -0.475 e. The molecule has 47 heavy (non-hydrogen) atoms. The van der Waals surface area contributed by atoms with E-state index >= 15 is 0 Å². The molecule has 0 radical (unpaired) electrons. The number of benzene rings is 4. The van der Waals surface area contributed by atoms with E-state index in [0.29, 0.717) is 57.4 Å². The molecule has 2 amide bonds. The minimum absolute atomic E-state index is 0.0208. The van der Waals surface area contributed by atoms with Crippen LogP contribution in [0.15, 0.2) is 96.4 Å². The molecule has 0 saturated heterocycles. The lowest BCUT2D eigenvalue weighted by molar-refractivity contribution is -0.126. The highest BCUT2D eigenvalue weighted by atomic mass is 35.5. The highest BCUT2D eigenvalue weighted by Gasteiger charge is 2.31. The maximum absolute atomic E-state index is 13.8. The first-order chi connectivity index (χ1) is 22.5. The number of amides is 2. The van der Waals surface area contributed by atoms with E-state index in [0.717, 1.165) is 17.2 Å². The Morgan fingerprint density at radius 3 is 2.49 bits per heavy atom. The molecule has 0 fully saturated rings. The van der Waals surface area contributed by atoms with E-state index in [1.54, 1.807) is 60.7 Å². The van der Waals surface area contributed by atoms with Crippen molar-refractivity contribution in [3.05, 3.63) is 129 Å². The molecule has 4 aromatic rings. The van der Waals surface area contributed by atoms with Gasteiger partial charge in [-0.1, -0.05) is 73.5 Å². The van der Waals surface area contributed by atoms with Crippen molar-refractivity contribution in [2.45, 2.75) is 32.5 Å². The second-order valence-electron chi connectivity index (χ2n) is 11.1. The fourth-order valence-corrected chi connectivity index (χ4v) is 6.01. The fraction of sp³-hybridized carbons (Fsp3) is 0.200. The van der Waals surface area contributed by atoms with Crippen molar-refractivity contribution in [3.8, 4) is 17.2 Å². The Labute approximate surface area is 278 Å². The van der Waals surface area contributed by atoms with E-state index in [2.05, 4.69) is 10.2 Å². The summed E-state index contributed by atoms with van der Waals surface area (Å²) in [5.74, 6) is -0.0989. The number of halogens is 1. The van der Waals surface area contributed by atoms with Crippen LogP contribution in [0.2, 0.25) is 5.02 Å². The van der Waals surface area contributed by atoms with Crippen LogP contribution in [0.3, 0.4) is 0 Å².